The van der Waals surface area contributed by atoms with Crippen LogP contribution in [-0.2, 0) is 0 Å². The van der Waals surface area contributed by atoms with E-state index >= 15 is 0 Å². The van der Waals surface area contributed by atoms with Crippen molar-refractivity contribution in [2.24, 2.45) is 0 Å². The zero-order valence-electron chi connectivity index (χ0n) is 16.0. The van der Waals surface area contributed by atoms with Gasteiger partial charge in [-0.25, -0.2) is 4.79 Å². The minimum Gasteiger partial charge on any atom is -0.485 e. The number of hydrogen-bond donors (Lipinski definition) is 1. The standard InChI is InChI=1S/C22H27N3O2/c1-3-25-15-17(27-21-12-8-7-11-20(21)25)14-24(2)22(26)23-19-13-18(19)16-9-5-4-6-10-16/h4-12,17-19H,3,13-15H2,1-2H3,(H,23,26)/t17-,18-,19-/m0/s1. The van der Waals surface area contributed by atoms with Gasteiger partial charge in [-0.3, -0.25) is 0 Å². The third-order valence-electron chi connectivity index (χ3n) is 5.46. The Balaban J connectivity index is 1.32. The lowest BCUT2D eigenvalue weighted by molar-refractivity contribution is 0.145. The van der Waals surface area contributed by atoms with E-state index in [2.05, 4.69) is 47.5 Å². The summed E-state index contributed by atoms with van der Waals surface area (Å²) in [7, 11) is 1.84. The number of nitrogens with one attached hydrogen (secondary N) is 1. The molecule has 1 fully saturated rings. The molecule has 0 unspecified atom stereocenters. The predicted molar refractivity (Wildman–Crippen MR) is 107 cm³/mol. The van der Waals surface area contributed by atoms with E-state index < -0.39 is 0 Å². The second-order valence-corrected chi connectivity index (χ2v) is 7.44. The van der Waals surface area contributed by atoms with Crippen LogP contribution in [0.5, 0.6) is 5.75 Å². The van der Waals surface area contributed by atoms with Gasteiger partial charge in [0.1, 0.15) is 11.9 Å². The fourth-order valence-electron chi connectivity index (χ4n) is 3.85. The highest BCUT2D eigenvalue weighted by molar-refractivity contribution is 5.75. The van der Waals surface area contributed by atoms with Gasteiger partial charge in [-0.05, 0) is 31.0 Å². The molecule has 0 spiro atoms. The maximum Gasteiger partial charge on any atom is 0.317 e. The molecule has 1 saturated carbocycles. The number of para-hydroxylation sites is 2. The zero-order chi connectivity index (χ0) is 18.8. The Bertz CT molecular complexity index is 795. The van der Waals surface area contributed by atoms with Crippen molar-refractivity contribution in [3.05, 3.63) is 60.2 Å². The minimum absolute atomic E-state index is 0.0241. The molecule has 2 amide bonds. The monoisotopic (exact) mass is 365 g/mol. The first-order chi connectivity index (χ1) is 13.2. The molecule has 3 atom stereocenters. The van der Waals surface area contributed by atoms with Crippen molar-refractivity contribution in [2.75, 3.05) is 31.6 Å². The van der Waals surface area contributed by atoms with Crippen LogP contribution in [0.25, 0.3) is 0 Å². The number of hydrogen-bond acceptors (Lipinski definition) is 3. The quantitative estimate of drug-likeness (QED) is 0.882. The summed E-state index contributed by atoms with van der Waals surface area (Å²) in [6, 6.07) is 18.7. The van der Waals surface area contributed by atoms with Crippen LogP contribution in [0, 0.1) is 0 Å². The zero-order valence-corrected chi connectivity index (χ0v) is 16.0. The Labute approximate surface area is 160 Å². The average molecular weight is 365 g/mol. The first kappa shape index (κ1) is 17.7. The Morgan fingerprint density at radius 3 is 2.70 bits per heavy atom. The van der Waals surface area contributed by atoms with E-state index in [1.807, 2.05) is 31.3 Å². The van der Waals surface area contributed by atoms with Crippen molar-refractivity contribution in [3.8, 4) is 5.75 Å². The summed E-state index contributed by atoms with van der Waals surface area (Å²) in [6.45, 7) is 4.43. The molecule has 142 valence electrons. The average Bonchev–Trinajstić information content (AvgIpc) is 3.47. The van der Waals surface area contributed by atoms with Crippen LogP contribution in [0.15, 0.2) is 54.6 Å². The lowest BCUT2D eigenvalue weighted by atomic mass is 10.1. The highest BCUT2D eigenvalue weighted by Crippen LogP contribution is 2.40. The van der Waals surface area contributed by atoms with Gasteiger partial charge in [0, 0.05) is 25.6 Å². The van der Waals surface area contributed by atoms with Crippen molar-refractivity contribution < 1.29 is 9.53 Å². The van der Waals surface area contributed by atoms with Crippen molar-refractivity contribution in [1.29, 1.82) is 0 Å². The highest BCUT2D eigenvalue weighted by Gasteiger charge is 2.40. The first-order valence-corrected chi connectivity index (χ1v) is 9.73. The van der Waals surface area contributed by atoms with Gasteiger partial charge < -0.3 is 19.9 Å². The van der Waals surface area contributed by atoms with E-state index in [1.54, 1.807) is 4.90 Å². The van der Waals surface area contributed by atoms with Crippen molar-refractivity contribution in [1.82, 2.24) is 10.2 Å². The van der Waals surface area contributed by atoms with Crippen LogP contribution in [0.2, 0.25) is 0 Å². The van der Waals surface area contributed by atoms with E-state index in [9.17, 15) is 4.79 Å². The second kappa shape index (κ2) is 7.51. The van der Waals surface area contributed by atoms with Crippen LogP contribution in [0.3, 0.4) is 0 Å². The Morgan fingerprint density at radius 2 is 1.93 bits per heavy atom. The van der Waals surface area contributed by atoms with Crippen molar-refractivity contribution in [3.63, 3.8) is 0 Å². The van der Waals surface area contributed by atoms with Crippen LogP contribution in [-0.4, -0.2) is 49.8 Å². The van der Waals surface area contributed by atoms with Crippen LogP contribution in [0.4, 0.5) is 10.5 Å². The van der Waals surface area contributed by atoms with Gasteiger partial charge in [-0.2, -0.15) is 0 Å². The van der Waals surface area contributed by atoms with Gasteiger partial charge in [0.2, 0.25) is 0 Å². The number of urea groups is 1. The Hall–Kier alpha value is -2.69. The SMILES string of the molecule is CCN1C[C@H](CN(C)C(=O)N[C@H]2C[C@H]2c2ccccc2)Oc2ccccc21. The number of benzene rings is 2. The molecular formula is C22H27N3O2. The lowest BCUT2D eigenvalue weighted by Gasteiger charge is -2.37. The smallest absolute Gasteiger partial charge is 0.317 e. The lowest BCUT2D eigenvalue weighted by Crippen LogP contribution is -2.49. The summed E-state index contributed by atoms with van der Waals surface area (Å²) in [6.07, 6.45) is 0.986. The summed E-state index contributed by atoms with van der Waals surface area (Å²) >= 11 is 0. The van der Waals surface area contributed by atoms with Crippen molar-refractivity contribution in [2.45, 2.75) is 31.4 Å². The van der Waals surface area contributed by atoms with Gasteiger partial charge >= 0.3 is 6.03 Å². The molecule has 1 aliphatic carbocycles. The summed E-state index contributed by atoms with van der Waals surface area (Å²) in [5.74, 6) is 1.34. The second-order valence-electron chi connectivity index (χ2n) is 7.44. The molecule has 0 radical (unpaired) electrons. The molecule has 5 nitrogen and oxygen atoms in total. The highest BCUT2D eigenvalue weighted by atomic mass is 16.5. The van der Waals surface area contributed by atoms with Gasteiger partial charge in [-0.1, -0.05) is 42.5 Å². The number of ether oxygens (including phenoxy) is 1. The van der Waals surface area contributed by atoms with Crippen molar-refractivity contribution >= 4 is 11.7 Å². The van der Waals surface area contributed by atoms with E-state index in [0.717, 1.165) is 30.9 Å². The third kappa shape index (κ3) is 3.87. The molecular weight excluding hydrogens is 338 g/mol. The Kier molecular flexibility index (Phi) is 4.92. The van der Waals surface area contributed by atoms with Gasteiger partial charge in [0.05, 0.1) is 18.8 Å². The number of carbonyl (C=O) groups excluding carboxylic acids is 1. The summed E-state index contributed by atoms with van der Waals surface area (Å²) in [4.78, 5) is 16.6. The molecule has 2 aromatic carbocycles. The molecule has 5 heteroatoms. The normalized spacial score (nSPS) is 23.2. The number of amides is 2. The number of likely N-dealkylation sites (N-methyl/N-ethyl adjacent to an activating group) is 2. The molecule has 4 rings (SSSR count). The molecule has 2 aliphatic rings. The number of fused-ring (bicyclic) bond motifs is 1. The van der Waals surface area contributed by atoms with E-state index in [4.69, 9.17) is 4.74 Å². The molecule has 0 aromatic heterocycles. The maximum absolute atomic E-state index is 12.6. The van der Waals surface area contributed by atoms with E-state index in [1.165, 1.54) is 5.56 Å². The summed E-state index contributed by atoms with van der Waals surface area (Å²) in [5, 5.41) is 3.15. The molecule has 1 N–H and O–H groups in total. The number of rotatable bonds is 5. The molecule has 2 aromatic rings. The number of nitrogens with zero attached hydrogens (tertiary/aromatic N) is 2. The molecule has 27 heavy (non-hydrogen) atoms. The number of anilines is 1. The fourth-order valence-corrected chi connectivity index (χ4v) is 3.85. The predicted octanol–water partition coefficient (Wildman–Crippen LogP) is 3.47. The molecule has 1 heterocycles. The first-order valence-electron chi connectivity index (χ1n) is 9.73. The Morgan fingerprint density at radius 1 is 1.19 bits per heavy atom. The molecule has 1 aliphatic heterocycles. The topological polar surface area (TPSA) is 44.8 Å². The molecule has 0 saturated heterocycles. The van der Waals surface area contributed by atoms with Crippen LogP contribution < -0.4 is 15.0 Å². The maximum atomic E-state index is 12.6. The van der Waals surface area contributed by atoms with Crippen LogP contribution >= 0.6 is 0 Å². The number of carbonyl (C=O) groups is 1. The summed E-state index contributed by atoms with van der Waals surface area (Å²) < 4.78 is 6.13. The van der Waals surface area contributed by atoms with Gasteiger partial charge in [-0.15, -0.1) is 0 Å². The molecule has 0 bridgehead atoms. The summed E-state index contributed by atoms with van der Waals surface area (Å²) in [5.41, 5.74) is 2.43. The minimum atomic E-state index is -0.0280. The van der Waals surface area contributed by atoms with Crippen LogP contribution in [0.1, 0.15) is 24.8 Å². The van der Waals surface area contributed by atoms with E-state index in [-0.39, 0.29) is 18.2 Å². The van der Waals surface area contributed by atoms with Gasteiger partial charge in [0.15, 0.2) is 0 Å². The van der Waals surface area contributed by atoms with Gasteiger partial charge in [0.25, 0.3) is 0 Å². The third-order valence-corrected chi connectivity index (χ3v) is 5.46. The largest absolute Gasteiger partial charge is 0.485 e. The van der Waals surface area contributed by atoms with E-state index in [0.29, 0.717) is 12.5 Å². The fraction of sp³-hybridized carbons (Fsp3) is 0.409.